The zero-order valence-electron chi connectivity index (χ0n) is 23.4. The first-order chi connectivity index (χ1) is 20.7. The minimum Gasteiger partial charge on any atom is -0.493 e. The Labute approximate surface area is 258 Å². The highest BCUT2D eigenvalue weighted by molar-refractivity contribution is 9.10. The number of allylic oxidation sites excluding steroid dienone is 1. The van der Waals surface area contributed by atoms with Crippen molar-refractivity contribution in [3.8, 4) is 11.5 Å². The van der Waals surface area contributed by atoms with E-state index in [0.29, 0.717) is 16.1 Å². The summed E-state index contributed by atoms with van der Waals surface area (Å²) in [4.78, 5) is 43.5. The lowest BCUT2D eigenvalue weighted by Gasteiger charge is -2.24. The average molecular weight is 665 g/mol. The first-order valence-corrected chi connectivity index (χ1v) is 14.8. The molecule has 0 amide bonds. The highest BCUT2D eigenvalue weighted by atomic mass is 79.9. The lowest BCUT2D eigenvalue weighted by Crippen LogP contribution is -2.39. The molecule has 43 heavy (non-hydrogen) atoms. The molecule has 3 aromatic carbocycles. The molecule has 0 N–H and O–H groups in total. The molecule has 1 aromatic heterocycles. The van der Waals surface area contributed by atoms with Gasteiger partial charge in [0, 0.05) is 4.47 Å². The van der Waals surface area contributed by atoms with Crippen molar-refractivity contribution < 1.29 is 23.9 Å². The molecule has 0 radical (unpaired) electrons. The van der Waals surface area contributed by atoms with E-state index >= 15 is 0 Å². The van der Waals surface area contributed by atoms with Crippen LogP contribution in [0.25, 0.3) is 6.08 Å². The van der Waals surface area contributed by atoms with Crippen LogP contribution in [0, 0.1) is 10.1 Å². The number of rotatable bonds is 9. The third-order valence-corrected chi connectivity index (χ3v) is 8.25. The van der Waals surface area contributed by atoms with E-state index in [2.05, 4.69) is 20.9 Å². The number of carbonyl (C=O) groups excluding carboxylic acids is 1. The predicted molar refractivity (Wildman–Crippen MR) is 165 cm³/mol. The average Bonchev–Trinajstić information content (AvgIpc) is 3.30. The summed E-state index contributed by atoms with van der Waals surface area (Å²) in [6.07, 6.45) is 1.44. The van der Waals surface area contributed by atoms with Gasteiger partial charge >= 0.3 is 5.97 Å². The van der Waals surface area contributed by atoms with Crippen LogP contribution >= 0.6 is 27.3 Å². The first kappa shape index (κ1) is 29.9. The SMILES string of the molecule is CCOC(=O)C1=C(C)N=c2s/c(=C\c3cc(OC)c(OCc4ccccc4)cc3[N+](=O)[O-])c(=O)n2[C@H]1c1ccc(Br)cc1. The predicted octanol–water partition coefficient (Wildman–Crippen LogP) is 5.06. The standard InChI is InChI=1S/C31H26BrN3O7S/c1-4-41-30(37)27-18(2)33-31-34(28(27)20-10-12-22(32)13-11-20)29(36)26(43-31)15-21-14-24(40-3)25(16-23(21)35(38)39)42-17-19-8-6-5-7-9-19/h5-16,28H,4,17H2,1-3H3/b26-15-/t28-/m0/s1. The zero-order chi connectivity index (χ0) is 30.7. The number of ether oxygens (including phenoxy) is 3. The summed E-state index contributed by atoms with van der Waals surface area (Å²) in [6, 6.07) is 18.6. The number of benzene rings is 3. The fourth-order valence-corrected chi connectivity index (χ4v) is 6.04. The molecule has 2 heterocycles. The van der Waals surface area contributed by atoms with E-state index in [-0.39, 0.29) is 46.1 Å². The van der Waals surface area contributed by atoms with Gasteiger partial charge in [0.15, 0.2) is 16.3 Å². The highest BCUT2D eigenvalue weighted by Crippen LogP contribution is 2.36. The summed E-state index contributed by atoms with van der Waals surface area (Å²) in [7, 11) is 1.44. The maximum atomic E-state index is 13.9. The molecule has 10 nitrogen and oxygen atoms in total. The number of aromatic nitrogens is 1. The molecular weight excluding hydrogens is 638 g/mol. The van der Waals surface area contributed by atoms with Crippen molar-refractivity contribution in [1.82, 2.24) is 4.57 Å². The molecule has 0 unspecified atom stereocenters. The second kappa shape index (κ2) is 12.8. The number of nitrogens with zero attached hydrogens (tertiary/aromatic N) is 3. The minimum atomic E-state index is -0.802. The van der Waals surface area contributed by atoms with Crippen molar-refractivity contribution in [3.05, 3.63) is 129 Å². The normalized spacial score (nSPS) is 14.6. The number of hydrogen-bond acceptors (Lipinski definition) is 9. The molecule has 0 saturated carbocycles. The van der Waals surface area contributed by atoms with Gasteiger partial charge in [0.25, 0.3) is 11.2 Å². The Morgan fingerprint density at radius 3 is 2.51 bits per heavy atom. The summed E-state index contributed by atoms with van der Waals surface area (Å²) in [6.45, 7) is 3.74. The van der Waals surface area contributed by atoms with Crippen LogP contribution in [-0.2, 0) is 16.1 Å². The highest BCUT2D eigenvalue weighted by Gasteiger charge is 2.33. The number of carbonyl (C=O) groups is 1. The van der Waals surface area contributed by atoms with Gasteiger partial charge in [-0.05, 0) is 49.2 Å². The van der Waals surface area contributed by atoms with Gasteiger partial charge in [0.1, 0.15) is 6.61 Å². The van der Waals surface area contributed by atoms with Crippen LogP contribution in [0.3, 0.4) is 0 Å². The quantitative estimate of drug-likeness (QED) is 0.139. The van der Waals surface area contributed by atoms with Crippen molar-refractivity contribution in [1.29, 1.82) is 0 Å². The Hall–Kier alpha value is -4.55. The van der Waals surface area contributed by atoms with Gasteiger partial charge in [-0.25, -0.2) is 9.79 Å². The number of thiazole rings is 1. The Bertz CT molecular complexity index is 1920. The van der Waals surface area contributed by atoms with Crippen LogP contribution in [-0.4, -0.2) is 29.2 Å². The first-order valence-electron chi connectivity index (χ1n) is 13.2. The number of nitro benzene ring substituents is 1. The lowest BCUT2D eigenvalue weighted by atomic mass is 9.96. The number of esters is 1. The van der Waals surface area contributed by atoms with Crippen molar-refractivity contribution in [2.75, 3.05) is 13.7 Å². The molecule has 0 fully saturated rings. The smallest absolute Gasteiger partial charge is 0.338 e. The minimum absolute atomic E-state index is 0.153. The molecule has 0 aliphatic carbocycles. The van der Waals surface area contributed by atoms with Crippen molar-refractivity contribution in [3.63, 3.8) is 0 Å². The number of nitro groups is 1. The van der Waals surface area contributed by atoms with Crippen LogP contribution in [0.1, 0.15) is 36.6 Å². The van der Waals surface area contributed by atoms with Gasteiger partial charge in [-0.2, -0.15) is 0 Å². The second-order valence-electron chi connectivity index (χ2n) is 9.45. The molecule has 220 valence electrons. The summed E-state index contributed by atoms with van der Waals surface area (Å²) < 4.78 is 19.1. The number of methoxy groups -OCH3 is 1. The monoisotopic (exact) mass is 663 g/mol. The van der Waals surface area contributed by atoms with Crippen molar-refractivity contribution in [2.24, 2.45) is 4.99 Å². The van der Waals surface area contributed by atoms with Crippen LogP contribution in [0.15, 0.2) is 92.3 Å². The van der Waals surface area contributed by atoms with E-state index < -0.39 is 22.5 Å². The van der Waals surface area contributed by atoms with E-state index in [9.17, 15) is 19.7 Å². The molecule has 0 spiro atoms. The summed E-state index contributed by atoms with van der Waals surface area (Å²) in [5, 5.41) is 12.1. The third kappa shape index (κ3) is 6.15. The van der Waals surface area contributed by atoms with Crippen LogP contribution < -0.4 is 24.4 Å². The Morgan fingerprint density at radius 2 is 1.86 bits per heavy atom. The van der Waals surface area contributed by atoms with Gasteiger partial charge in [0.05, 0.1) is 52.1 Å². The molecular formula is C31H26BrN3O7S. The van der Waals surface area contributed by atoms with E-state index in [0.717, 1.165) is 21.4 Å². The third-order valence-electron chi connectivity index (χ3n) is 6.74. The van der Waals surface area contributed by atoms with E-state index in [1.54, 1.807) is 13.8 Å². The molecule has 0 saturated heterocycles. The maximum Gasteiger partial charge on any atom is 0.338 e. The van der Waals surface area contributed by atoms with Gasteiger partial charge in [0.2, 0.25) is 0 Å². The lowest BCUT2D eigenvalue weighted by molar-refractivity contribution is -0.385. The second-order valence-corrected chi connectivity index (χ2v) is 11.4. The van der Waals surface area contributed by atoms with E-state index in [4.69, 9.17) is 14.2 Å². The maximum absolute atomic E-state index is 13.9. The molecule has 1 aliphatic heterocycles. The fraction of sp³-hybridized carbons (Fsp3) is 0.194. The van der Waals surface area contributed by atoms with Gasteiger partial charge < -0.3 is 14.2 Å². The van der Waals surface area contributed by atoms with Crippen molar-refractivity contribution in [2.45, 2.75) is 26.5 Å². The topological polar surface area (TPSA) is 122 Å². The van der Waals surface area contributed by atoms with Crippen LogP contribution in [0.5, 0.6) is 11.5 Å². The Morgan fingerprint density at radius 1 is 1.14 bits per heavy atom. The number of hydrogen-bond donors (Lipinski definition) is 0. The molecule has 4 aromatic rings. The van der Waals surface area contributed by atoms with E-state index in [1.165, 1.54) is 29.9 Å². The van der Waals surface area contributed by atoms with Crippen LogP contribution in [0.4, 0.5) is 5.69 Å². The van der Waals surface area contributed by atoms with Gasteiger partial charge in [-0.1, -0.05) is 69.7 Å². The molecule has 1 aliphatic rings. The van der Waals surface area contributed by atoms with Crippen molar-refractivity contribution >= 4 is 45.0 Å². The zero-order valence-corrected chi connectivity index (χ0v) is 25.8. The van der Waals surface area contributed by atoms with E-state index in [1.807, 2.05) is 54.6 Å². The molecule has 1 atom stereocenters. The summed E-state index contributed by atoms with van der Waals surface area (Å²) in [5.41, 5.74) is 1.67. The van der Waals surface area contributed by atoms with Gasteiger partial charge in [-0.3, -0.25) is 19.5 Å². The molecule has 0 bridgehead atoms. The Kier molecular flexibility index (Phi) is 8.88. The summed E-state index contributed by atoms with van der Waals surface area (Å²) >= 11 is 4.50. The number of halogens is 1. The van der Waals surface area contributed by atoms with Crippen LogP contribution in [0.2, 0.25) is 0 Å². The molecule has 12 heteroatoms. The number of fused-ring (bicyclic) bond motifs is 1. The largest absolute Gasteiger partial charge is 0.493 e. The molecule has 5 rings (SSSR count). The fourth-order valence-electron chi connectivity index (χ4n) is 4.74. The Balaban J connectivity index is 1.64. The van der Waals surface area contributed by atoms with Gasteiger partial charge in [-0.15, -0.1) is 0 Å². The summed E-state index contributed by atoms with van der Waals surface area (Å²) in [5.74, 6) is -0.104.